The molecule has 1 aromatic heterocycles. The van der Waals surface area contributed by atoms with Gasteiger partial charge in [0, 0.05) is 34.3 Å². The van der Waals surface area contributed by atoms with Gasteiger partial charge >= 0.3 is 0 Å². The Labute approximate surface area is 190 Å². The van der Waals surface area contributed by atoms with Gasteiger partial charge < -0.3 is 0 Å². The van der Waals surface area contributed by atoms with Crippen LogP contribution in [-0.4, -0.2) is 34.3 Å². The third kappa shape index (κ3) is 4.08. The predicted octanol–water partition coefficient (Wildman–Crippen LogP) is 6.17. The topological polar surface area (TPSA) is 41.4 Å². The molecule has 0 radical (unpaired) electrons. The van der Waals surface area contributed by atoms with E-state index < -0.39 is 0 Å². The SMILES string of the molecule is Cc1c(N(C=O)N2CCCCC2)nn(-c2ccc(Cl)cc2Cl)c1-c1ccc(Cl)cc1. The van der Waals surface area contributed by atoms with E-state index in [1.54, 1.807) is 21.8 Å². The molecule has 1 fully saturated rings. The average Bonchev–Trinajstić information content (AvgIpc) is 3.07. The summed E-state index contributed by atoms with van der Waals surface area (Å²) in [5.41, 5.74) is 3.33. The van der Waals surface area contributed by atoms with Crippen molar-refractivity contribution in [3.63, 3.8) is 0 Å². The smallest absolute Gasteiger partial charge is 0.230 e. The van der Waals surface area contributed by atoms with Gasteiger partial charge in [-0.1, -0.05) is 53.4 Å². The quantitative estimate of drug-likeness (QED) is 0.425. The molecule has 0 saturated carbocycles. The Balaban J connectivity index is 1.90. The molecule has 0 spiro atoms. The fourth-order valence-electron chi connectivity index (χ4n) is 3.82. The minimum atomic E-state index is 0.474. The van der Waals surface area contributed by atoms with Crippen molar-refractivity contribution >= 4 is 47.0 Å². The van der Waals surface area contributed by atoms with Gasteiger partial charge in [-0.3, -0.25) is 4.79 Å². The zero-order chi connectivity index (χ0) is 21.3. The van der Waals surface area contributed by atoms with Crippen LogP contribution in [0.3, 0.4) is 0 Å². The van der Waals surface area contributed by atoms with Gasteiger partial charge in [0.05, 0.1) is 16.4 Å². The zero-order valence-electron chi connectivity index (χ0n) is 16.5. The summed E-state index contributed by atoms with van der Waals surface area (Å²) in [6.45, 7) is 3.61. The third-order valence-electron chi connectivity index (χ3n) is 5.31. The number of carbonyl (C=O) groups excluding carboxylic acids is 1. The number of aromatic nitrogens is 2. The number of hydrogen-bond acceptors (Lipinski definition) is 3. The maximum atomic E-state index is 12.1. The van der Waals surface area contributed by atoms with E-state index in [0.29, 0.717) is 26.6 Å². The Morgan fingerprint density at radius 2 is 1.63 bits per heavy atom. The summed E-state index contributed by atoms with van der Waals surface area (Å²) >= 11 is 18.7. The molecular formula is C22H21Cl3N4O. The molecule has 0 atom stereocenters. The molecule has 2 aromatic carbocycles. The maximum Gasteiger partial charge on any atom is 0.230 e. The first-order valence-corrected chi connectivity index (χ1v) is 10.9. The summed E-state index contributed by atoms with van der Waals surface area (Å²) in [4.78, 5) is 12.1. The number of anilines is 1. The van der Waals surface area contributed by atoms with Crippen molar-refractivity contribution in [1.82, 2.24) is 14.8 Å². The first kappa shape index (κ1) is 21.2. The van der Waals surface area contributed by atoms with Crippen LogP contribution >= 0.6 is 34.8 Å². The molecule has 5 nitrogen and oxygen atoms in total. The molecule has 1 amide bonds. The van der Waals surface area contributed by atoms with Gasteiger partial charge in [-0.2, -0.15) is 0 Å². The van der Waals surface area contributed by atoms with Crippen LogP contribution in [0.1, 0.15) is 24.8 Å². The summed E-state index contributed by atoms with van der Waals surface area (Å²) in [5, 5.41) is 10.2. The van der Waals surface area contributed by atoms with Gasteiger partial charge in [-0.15, -0.1) is 5.10 Å². The molecule has 0 N–H and O–H groups in total. The van der Waals surface area contributed by atoms with Gasteiger partial charge in [-0.05, 0) is 50.1 Å². The van der Waals surface area contributed by atoms with E-state index in [9.17, 15) is 4.79 Å². The van der Waals surface area contributed by atoms with Crippen molar-refractivity contribution < 1.29 is 4.79 Å². The number of carbonyl (C=O) groups is 1. The van der Waals surface area contributed by atoms with E-state index in [2.05, 4.69) is 0 Å². The molecular weight excluding hydrogens is 443 g/mol. The Hall–Kier alpha value is -2.05. The normalized spacial score (nSPS) is 14.7. The monoisotopic (exact) mass is 462 g/mol. The molecule has 0 bridgehead atoms. The van der Waals surface area contributed by atoms with E-state index >= 15 is 0 Å². The number of rotatable bonds is 5. The highest BCUT2D eigenvalue weighted by Crippen LogP contribution is 2.36. The fraction of sp³-hybridized carbons (Fsp3) is 0.273. The fourth-order valence-corrected chi connectivity index (χ4v) is 4.43. The molecule has 0 unspecified atom stereocenters. The number of amides is 1. The number of hydrazine groups is 1. The van der Waals surface area contributed by atoms with Crippen molar-refractivity contribution in [2.45, 2.75) is 26.2 Å². The second-order valence-electron chi connectivity index (χ2n) is 7.28. The number of piperidine rings is 1. The average molecular weight is 464 g/mol. The first-order chi connectivity index (χ1) is 14.5. The lowest BCUT2D eigenvalue weighted by molar-refractivity contribution is -0.110. The summed E-state index contributed by atoms with van der Waals surface area (Å²) in [7, 11) is 0. The molecule has 156 valence electrons. The molecule has 0 aliphatic carbocycles. The molecule has 30 heavy (non-hydrogen) atoms. The number of halogens is 3. The van der Waals surface area contributed by atoms with Gasteiger partial charge in [0.25, 0.3) is 0 Å². The van der Waals surface area contributed by atoms with Gasteiger partial charge in [0.1, 0.15) is 0 Å². The number of benzene rings is 2. The largest absolute Gasteiger partial charge is 0.277 e. The van der Waals surface area contributed by atoms with E-state index in [0.717, 1.165) is 49.2 Å². The van der Waals surface area contributed by atoms with E-state index in [1.807, 2.05) is 42.3 Å². The van der Waals surface area contributed by atoms with Gasteiger partial charge in [-0.25, -0.2) is 14.7 Å². The lowest BCUT2D eigenvalue weighted by Crippen LogP contribution is -2.45. The van der Waals surface area contributed by atoms with Crippen LogP contribution in [0.4, 0.5) is 5.82 Å². The van der Waals surface area contributed by atoms with Crippen molar-refractivity contribution in [1.29, 1.82) is 0 Å². The Morgan fingerprint density at radius 1 is 0.967 bits per heavy atom. The van der Waals surface area contributed by atoms with Crippen molar-refractivity contribution in [2.24, 2.45) is 0 Å². The van der Waals surface area contributed by atoms with E-state index in [4.69, 9.17) is 39.9 Å². The number of nitrogens with zero attached hydrogens (tertiary/aromatic N) is 4. The molecule has 2 heterocycles. The molecule has 8 heteroatoms. The Morgan fingerprint density at radius 3 is 2.27 bits per heavy atom. The second-order valence-corrected chi connectivity index (χ2v) is 8.56. The van der Waals surface area contributed by atoms with Crippen molar-refractivity contribution in [3.8, 4) is 16.9 Å². The minimum Gasteiger partial charge on any atom is -0.277 e. The van der Waals surface area contributed by atoms with Crippen molar-refractivity contribution in [3.05, 3.63) is 63.1 Å². The summed E-state index contributed by atoms with van der Waals surface area (Å²) in [6.07, 6.45) is 4.11. The lowest BCUT2D eigenvalue weighted by atomic mass is 10.1. The van der Waals surface area contributed by atoms with Crippen molar-refractivity contribution in [2.75, 3.05) is 18.1 Å². The van der Waals surface area contributed by atoms with Crippen LogP contribution < -0.4 is 5.01 Å². The third-order valence-corrected chi connectivity index (χ3v) is 6.10. The molecule has 1 aliphatic rings. The standard InChI is InChI=1S/C22H21Cl3N4O/c1-15-21(16-5-7-17(23)8-6-16)29(20-10-9-18(24)13-19(20)25)26-22(15)28(14-30)27-11-3-2-4-12-27/h5-10,13-14H,2-4,11-12H2,1H3. The zero-order valence-corrected chi connectivity index (χ0v) is 18.8. The highest BCUT2D eigenvalue weighted by Gasteiger charge is 2.27. The van der Waals surface area contributed by atoms with Crippen LogP contribution in [0.15, 0.2) is 42.5 Å². The summed E-state index contributed by atoms with van der Waals surface area (Å²) < 4.78 is 1.77. The van der Waals surface area contributed by atoms with Crippen LogP contribution in [-0.2, 0) is 4.79 Å². The Kier molecular flexibility index (Phi) is 6.34. The summed E-state index contributed by atoms with van der Waals surface area (Å²) in [5.74, 6) is 0.586. The number of hydrogen-bond donors (Lipinski definition) is 0. The maximum absolute atomic E-state index is 12.1. The lowest BCUT2D eigenvalue weighted by Gasteiger charge is -2.33. The molecule has 4 rings (SSSR count). The van der Waals surface area contributed by atoms with Crippen LogP contribution in [0.2, 0.25) is 15.1 Å². The van der Waals surface area contributed by atoms with E-state index in [-0.39, 0.29) is 0 Å². The van der Waals surface area contributed by atoms with E-state index in [1.165, 1.54) is 6.42 Å². The highest BCUT2D eigenvalue weighted by atomic mass is 35.5. The molecule has 1 aliphatic heterocycles. The van der Waals surface area contributed by atoms with Crippen LogP contribution in [0.25, 0.3) is 16.9 Å². The molecule has 3 aromatic rings. The summed E-state index contributed by atoms with van der Waals surface area (Å²) in [6, 6.07) is 12.8. The van der Waals surface area contributed by atoms with Gasteiger partial charge in [0.2, 0.25) is 6.41 Å². The first-order valence-electron chi connectivity index (χ1n) is 9.80. The van der Waals surface area contributed by atoms with Gasteiger partial charge in [0.15, 0.2) is 5.82 Å². The van der Waals surface area contributed by atoms with Crippen LogP contribution in [0, 0.1) is 6.92 Å². The predicted molar refractivity (Wildman–Crippen MR) is 123 cm³/mol. The minimum absolute atomic E-state index is 0.474. The Bertz CT molecular complexity index is 1060. The molecule has 1 saturated heterocycles. The highest BCUT2D eigenvalue weighted by molar-refractivity contribution is 6.35. The van der Waals surface area contributed by atoms with Crippen LogP contribution in [0.5, 0.6) is 0 Å². The second kappa shape index (κ2) is 8.98.